The van der Waals surface area contributed by atoms with Crippen LogP contribution in [0.4, 0.5) is 0 Å². The van der Waals surface area contributed by atoms with Crippen LogP contribution in [0.3, 0.4) is 0 Å². The number of hydrogen-bond acceptors (Lipinski definition) is 1. The van der Waals surface area contributed by atoms with Crippen LogP contribution in [0, 0.1) is 13.8 Å². The van der Waals surface area contributed by atoms with Gasteiger partial charge in [0.25, 0.3) is 0 Å². The zero-order valence-corrected chi connectivity index (χ0v) is 11.0. The van der Waals surface area contributed by atoms with Gasteiger partial charge in [-0.1, -0.05) is 22.4 Å². The lowest BCUT2D eigenvalue weighted by Crippen LogP contribution is -2.13. The third-order valence-corrected chi connectivity index (χ3v) is 4.29. The number of rotatable bonds is 0. The summed E-state index contributed by atoms with van der Waals surface area (Å²) in [6.45, 7) is 4.37. The van der Waals surface area contributed by atoms with Crippen LogP contribution in [0.5, 0.6) is 0 Å². The van der Waals surface area contributed by atoms with Gasteiger partial charge in [0.15, 0.2) is 0 Å². The number of hydrogen-bond donors (Lipinski definition) is 1. The summed E-state index contributed by atoms with van der Waals surface area (Å²) in [5, 5.41) is 0. The summed E-state index contributed by atoms with van der Waals surface area (Å²) in [4.78, 5) is 0. The minimum atomic E-state index is 0.235. The molecule has 0 amide bonds. The first-order chi connectivity index (χ1) is 7.11. The molecule has 0 bridgehead atoms. The zero-order valence-electron chi connectivity index (χ0n) is 9.44. The van der Waals surface area contributed by atoms with Gasteiger partial charge in [-0.3, -0.25) is 0 Å². The highest BCUT2D eigenvalue weighted by molar-refractivity contribution is 9.10. The molecule has 82 valence electrons. The third-order valence-electron chi connectivity index (χ3n) is 3.47. The van der Waals surface area contributed by atoms with Gasteiger partial charge in [0.2, 0.25) is 0 Å². The standard InChI is InChI=1S/C13H18BrN/c1-8-7-11(14)9(2)13-10(8)5-3-4-6-12(13)15/h7,12H,3-6,15H2,1-2H3. The van der Waals surface area contributed by atoms with Gasteiger partial charge in [0.05, 0.1) is 0 Å². The van der Waals surface area contributed by atoms with E-state index in [9.17, 15) is 0 Å². The van der Waals surface area contributed by atoms with Gasteiger partial charge in [-0.15, -0.1) is 0 Å². The Labute approximate surface area is 100 Å². The molecule has 0 aliphatic heterocycles. The molecule has 2 rings (SSSR count). The van der Waals surface area contributed by atoms with E-state index in [1.807, 2.05) is 0 Å². The molecule has 1 aromatic rings. The fourth-order valence-electron chi connectivity index (χ4n) is 2.60. The van der Waals surface area contributed by atoms with Crippen molar-refractivity contribution in [3.8, 4) is 0 Å². The first-order valence-corrected chi connectivity index (χ1v) is 6.44. The number of fused-ring (bicyclic) bond motifs is 1. The fraction of sp³-hybridized carbons (Fsp3) is 0.538. The van der Waals surface area contributed by atoms with E-state index in [2.05, 4.69) is 35.8 Å². The van der Waals surface area contributed by atoms with Gasteiger partial charge in [-0.25, -0.2) is 0 Å². The maximum absolute atomic E-state index is 6.26. The summed E-state index contributed by atoms with van der Waals surface area (Å²) >= 11 is 3.62. The molecule has 2 heteroatoms. The molecule has 1 aliphatic rings. The second-order valence-electron chi connectivity index (χ2n) is 4.54. The summed E-state index contributed by atoms with van der Waals surface area (Å²) in [6.07, 6.45) is 4.86. The summed E-state index contributed by atoms with van der Waals surface area (Å²) < 4.78 is 1.20. The normalized spacial score (nSPS) is 20.9. The van der Waals surface area contributed by atoms with Crippen LogP contribution in [0.2, 0.25) is 0 Å². The molecule has 1 aromatic carbocycles. The molecule has 1 atom stereocenters. The molecule has 0 heterocycles. The maximum atomic E-state index is 6.26. The van der Waals surface area contributed by atoms with Crippen LogP contribution in [0.15, 0.2) is 10.5 Å². The Morgan fingerprint density at radius 2 is 2.07 bits per heavy atom. The van der Waals surface area contributed by atoms with Crippen molar-refractivity contribution in [2.24, 2.45) is 5.73 Å². The van der Waals surface area contributed by atoms with Gasteiger partial charge in [-0.05, 0) is 61.4 Å². The van der Waals surface area contributed by atoms with E-state index in [0.717, 1.165) is 6.42 Å². The SMILES string of the molecule is Cc1cc(Br)c(C)c2c1CCCCC2N. The largest absolute Gasteiger partial charge is 0.324 e. The number of benzene rings is 1. The van der Waals surface area contributed by atoms with E-state index in [4.69, 9.17) is 5.73 Å². The van der Waals surface area contributed by atoms with Crippen LogP contribution in [0.25, 0.3) is 0 Å². The maximum Gasteiger partial charge on any atom is 0.0300 e. The summed E-state index contributed by atoms with van der Waals surface area (Å²) in [6, 6.07) is 2.46. The van der Waals surface area contributed by atoms with E-state index in [1.54, 1.807) is 0 Å². The van der Waals surface area contributed by atoms with Crippen LogP contribution in [0.1, 0.15) is 47.6 Å². The van der Waals surface area contributed by atoms with Crippen molar-refractivity contribution in [1.29, 1.82) is 0 Å². The van der Waals surface area contributed by atoms with Gasteiger partial charge in [-0.2, -0.15) is 0 Å². The Kier molecular flexibility index (Phi) is 3.17. The van der Waals surface area contributed by atoms with Crippen molar-refractivity contribution in [2.45, 2.75) is 45.6 Å². The molecule has 0 saturated carbocycles. The van der Waals surface area contributed by atoms with Crippen molar-refractivity contribution in [1.82, 2.24) is 0 Å². The third kappa shape index (κ3) is 1.98. The average molecular weight is 268 g/mol. The van der Waals surface area contributed by atoms with E-state index >= 15 is 0 Å². The first-order valence-electron chi connectivity index (χ1n) is 5.65. The fourth-order valence-corrected chi connectivity index (χ4v) is 3.15. The molecular weight excluding hydrogens is 250 g/mol. The Morgan fingerprint density at radius 1 is 1.33 bits per heavy atom. The Hall–Kier alpha value is -0.340. The molecule has 0 spiro atoms. The quantitative estimate of drug-likeness (QED) is 0.712. The molecule has 1 unspecified atom stereocenters. The van der Waals surface area contributed by atoms with Crippen molar-refractivity contribution in [3.05, 3.63) is 32.8 Å². The number of aryl methyl sites for hydroxylation is 1. The minimum absolute atomic E-state index is 0.235. The second-order valence-corrected chi connectivity index (χ2v) is 5.40. The van der Waals surface area contributed by atoms with Crippen molar-refractivity contribution in [2.75, 3.05) is 0 Å². The monoisotopic (exact) mass is 267 g/mol. The van der Waals surface area contributed by atoms with E-state index in [0.29, 0.717) is 0 Å². The number of halogens is 1. The van der Waals surface area contributed by atoms with Crippen molar-refractivity contribution < 1.29 is 0 Å². The lowest BCUT2D eigenvalue weighted by molar-refractivity contribution is 0.613. The molecule has 0 saturated heterocycles. The predicted molar refractivity (Wildman–Crippen MR) is 68.1 cm³/mol. The summed E-state index contributed by atoms with van der Waals surface area (Å²) in [7, 11) is 0. The molecule has 1 nitrogen and oxygen atoms in total. The molecule has 1 aliphatic carbocycles. The summed E-state index contributed by atoms with van der Waals surface area (Å²) in [5.41, 5.74) is 11.9. The second kappa shape index (κ2) is 4.26. The Bertz CT molecular complexity index is 385. The zero-order chi connectivity index (χ0) is 11.0. The van der Waals surface area contributed by atoms with Gasteiger partial charge in [0.1, 0.15) is 0 Å². The van der Waals surface area contributed by atoms with Crippen molar-refractivity contribution >= 4 is 15.9 Å². The molecule has 0 aromatic heterocycles. The van der Waals surface area contributed by atoms with E-state index < -0.39 is 0 Å². The van der Waals surface area contributed by atoms with Crippen LogP contribution in [-0.2, 0) is 6.42 Å². The van der Waals surface area contributed by atoms with Gasteiger partial charge >= 0.3 is 0 Å². The van der Waals surface area contributed by atoms with E-state index in [1.165, 1.54) is 46.0 Å². The van der Waals surface area contributed by atoms with E-state index in [-0.39, 0.29) is 6.04 Å². The molecule has 0 fully saturated rings. The molecular formula is C13H18BrN. The average Bonchev–Trinajstić information content (AvgIpc) is 2.37. The highest BCUT2D eigenvalue weighted by Crippen LogP contribution is 2.35. The first kappa shape index (κ1) is 11.2. The highest BCUT2D eigenvalue weighted by atomic mass is 79.9. The molecule has 15 heavy (non-hydrogen) atoms. The predicted octanol–water partition coefficient (Wildman–Crippen LogP) is 3.79. The molecule has 2 N–H and O–H groups in total. The van der Waals surface area contributed by atoms with Gasteiger partial charge in [0, 0.05) is 10.5 Å². The lowest BCUT2D eigenvalue weighted by atomic mass is 9.91. The Balaban J connectivity index is 2.63. The summed E-state index contributed by atoms with van der Waals surface area (Å²) in [5.74, 6) is 0. The molecule has 0 radical (unpaired) electrons. The lowest BCUT2D eigenvalue weighted by Gasteiger charge is -2.19. The van der Waals surface area contributed by atoms with Crippen LogP contribution >= 0.6 is 15.9 Å². The van der Waals surface area contributed by atoms with Crippen LogP contribution in [-0.4, -0.2) is 0 Å². The highest BCUT2D eigenvalue weighted by Gasteiger charge is 2.20. The minimum Gasteiger partial charge on any atom is -0.324 e. The smallest absolute Gasteiger partial charge is 0.0300 e. The van der Waals surface area contributed by atoms with Gasteiger partial charge < -0.3 is 5.73 Å². The van der Waals surface area contributed by atoms with Crippen molar-refractivity contribution in [3.63, 3.8) is 0 Å². The number of nitrogens with two attached hydrogens (primary N) is 1. The topological polar surface area (TPSA) is 26.0 Å². The van der Waals surface area contributed by atoms with Crippen LogP contribution < -0.4 is 5.73 Å². The Morgan fingerprint density at radius 3 is 2.80 bits per heavy atom.